The van der Waals surface area contributed by atoms with E-state index in [-0.39, 0.29) is 11.8 Å². The van der Waals surface area contributed by atoms with Crippen LogP contribution < -0.4 is 0 Å². The molecule has 2 aliphatic rings. The first-order valence-electron chi connectivity index (χ1n) is 6.31. The first kappa shape index (κ1) is 11.7. The van der Waals surface area contributed by atoms with Crippen molar-refractivity contribution in [2.75, 3.05) is 0 Å². The molecule has 2 aliphatic heterocycles. The predicted octanol–water partition coefficient (Wildman–Crippen LogP) is 1.52. The molecule has 1 unspecified atom stereocenters. The molecule has 1 atom stereocenters. The fraction of sp³-hybridized carbons (Fsp3) is 0.357. The molecule has 0 radical (unpaired) electrons. The van der Waals surface area contributed by atoms with E-state index >= 15 is 0 Å². The normalized spacial score (nSPS) is 22.4. The third-order valence-corrected chi connectivity index (χ3v) is 3.66. The van der Waals surface area contributed by atoms with Crippen LogP contribution in [0.25, 0.3) is 0 Å². The van der Waals surface area contributed by atoms with Crippen LogP contribution in [0.1, 0.15) is 36.6 Å². The molecule has 2 amide bonds. The molecule has 96 valence electrons. The van der Waals surface area contributed by atoms with Crippen LogP contribution in [0.4, 0.5) is 0 Å². The number of imide groups is 1. The number of amides is 2. The molecule has 2 heterocycles. The third-order valence-electron chi connectivity index (χ3n) is 3.66. The lowest BCUT2D eigenvalue weighted by Gasteiger charge is -2.33. The highest BCUT2D eigenvalue weighted by molar-refractivity contribution is 5.98. The summed E-state index contributed by atoms with van der Waals surface area (Å²) in [6.45, 7) is 0.453. The molecule has 0 N–H and O–H groups in total. The second-order valence-electron chi connectivity index (χ2n) is 4.81. The van der Waals surface area contributed by atoms with Crippen molar-refractivity contribution in [1.29, 1.82) is 5.26 Å². The van der Waals surface area contributed by atoms with Crippen molar-refractivity contribution in [3.63, 3.8) is 0 Å². The highest BCUT2D eigenvalue weighted by Crippen LogP contribution is 2.37. The number of benzene rings is 1. The summed E-state index contributed by atoms with van der Waals surface area (Å²) in [5.41, 5.74) is 1.88. The summed E-state index contributed by atoms with van der Waals surface area (Å²) >= 11 is 0. The Hall–Kier alpha value is -2.35. The van der Waals surface area contributed by atoms with E-state index in [0.29, 0.717) is 25.8 Å². The minimum atomic E-state index is -0.554. The van der Waals surface area contributed by atoms with Crippen LogP contribution in [0.3, 0.4) is 0 Å². The molecule has 0 bridgehead atoms. The van der Waals surface area contributed by atoms with Gasteiger partial charge in [0.15, 0.2) is 6.19 Å². The molecule has 5 nitrogen and oxygen atoms in total. The van der Waals surface area contributed by atoms with Gasteiger partial charge in [0, 0.05) is 18.4 Å². The van der Waals surface area contributed by atoms with Gasteiger partial charge < -0.3 is 0 Å². The number of piperidine rings is 1. The highest BCUT2D eigenvalue weighted by Gasteiger charge is 2.41. The number of carbonyl (C=O) groups is 2. The largest absolute Gasteiger partial charge is 0.280 e. The summed E-state index contributed by atoms with van der Waals surface area (Å²) in [4.78, 5) is 26.8. The highest BCUT2D eigenvalue weighted by atomic mass is 16.2. The maximum Gasteiger partial charge on any atom is 0.231 e. The number of hydrogen-bond acceptors (Lipinski definition) is 4. The molecule has 19 heavy (non-hydrogen) atoms. The smallest absolute Gasteiger partial charge is 0.231 e. The number of rotatable bonds is 1. The molecule has 1 saturated heterocycles. The Balaban J connectivity index is 2.04. The van der Waals surface area contributed by atoms with E-state index in [2.05, 4.69) is 6.19 Å². The van der Waals surface area contributed by atoms with E-state index in [9.17, 15) is 14.9 Å². The minimum absolute atomic E-state index is 0.182. The quantitative estimate of drug-likeness (QED) is 0.563. The third kappa shape index (κ3) is 1.76. The van der Waals surface area contributed by atoms with Gasteiger partial charge in [-0.2, -0.15) is 5.26 Å². The number of likely N-dealkylation sites (tertiary alicyclic amines) is 1. The van der Waals surface area contributed by atoms with E-state index in [1.54, 1.807) is 0 Å². The first-order chi connectivity index (χ1) is 9.22. The summed E-state index contributed by atoms with van der Waals surface area (Å²) in [6.07, 6.45) is 2.90. The van der Waals surface area contributed by atoms with Gasteiger partial charge in [-0.25, -0.2) is 0 Å². The number of hydrogen-bond donors (Lipinski definition) is 0. The minimum Gasteiger partial charge on any atom is -0.280 e. The van der Waals surface area contributed by atoms with Crippen LogP contribution in [-0.4, -0.2) is 21.6 Å². The van der Waals surface area contributed by atoms with Crippen LogP contribution in [-0.2, 0) is 16.1 Å². The van der Waals surface area contributed by atoms with E-state index in [4.69, 9.17) is 0 Å². The fourth-order valence-corrected chi connectivity index (χ4v) is 2.78. The summed E-state index contributed by atoms with van der Waals surface area (Å²) in [6, 6.07) is 7.58. The lowest BCUT2D eigenvalue weighted by atomic mass is 10.0. The zero-order chi connectivity index (χ0) is 13.4. The first-order valence-corrected chi connectivity index (χ1v) is 6.31. The van der Waals surface area contributed by atoms with E-state index in [1.807, 2.05) is 24.3 Å². The monoisotopic (exact) mass is 255 g/mol. The molecule has 0 saturated carbocycles. The standard InChI is InChI=1S/C14H13N3O2/c15-9-16-8-10-4-1-2-5-11(10)14(16)17-12(18)6-3-7-13(17)19/h1-2,4-5,14H,3,6-8H2. The molecule has 0 aliphatic carbocycles. The maximum atomic E-state index is 12.0. The van der Waals surface area contributed by atoms with Crippen molar-refractivity contribution in [2.45, 2.75) is 32.0 Å². The predicted molar refractivity (Wildman–Crippen MR) is 66.0 cm³/mol. The van der Waals surface area contributed by atoms with Crippen molar-refractivity contribution in [3.8, 4) is 6.19 Å². The molecule has 5 heteroatoms. The van der Waals surface area contributed by atoms with Gasteiger partial charge in [-0.05, 0) is 12.0 Å². The lowest BCUT2D eigenvalue weighted by molar-refractivity contribution is -0.154. The Morgan fingerprint density at radius 1 is 1.16 bits per heavy atom. The van der Waals surface area contributed by atoms with Crippen LogP contribution in [0.15, 0.2) is 24.3 Å². The van der Waals surface area contributed by atoms with Gasteiger partial charge >= 0.3 is 0 Å². The Labute approximate surface area is 111 Å². The van der Waals surface area contributed by atoms with Crippen molar-refractivity contribution in [2.24, 2.45) is 0 Å². The maximum absolute atomic E-state index is 12.0. The zero-order valence-corrected chi connectivity index (χ0v) is 10.4. The van der Waals surface area contributed by atoms with Crippen molar-refractivity contribution < 1.29 is 9.59 Å². The van der Waals surface area contributed by atoms with Gasteiger partial charge in [0.25, 0.3) is 0 Å². The van der Waals surface area contributed by atoms with E-state index in [0.717, 1.165) is 11.1 Å². The van der Waals surface area contributed by atoms with Gasteiger partial charge in [-0.15, -0.1) is 0 Å². The Morgan fingerprint density at radius 3 is 2.53 bits per heavy atom. The van der Waals surface area contributed by atoms with Gasteiger partial charge in [0.2, 0.25) is 11.8 Å². The number of carbonyl (C=O) groups excluding carboxylic acids is 2. The molecule has 1 fully saturated rings. The Kier molecular flexibility index (Phi) is 2.71. The van der Waals surface area contributed by atoms with Gasteiger partial charge in [-0.1, -0.05) is 24.3 Å². The van der Waals surface area contributed by atoms with Crippen molar-refractivity contribution in [1.82, 2.24) is 9.80 Å². The average molecular weight is 255 g/mol. The molecule has 1 aromatic carbocycles. The Morgan fingerprint density at radius 2 is 1.84 bits per heavy atom. The van der Waals surface area contributed by atoms with Crippen molar-refractivity contribution >= 4 is 11.8 Å². The number of fused-ring (bicyclic) bond motifs is 1. The van der Waals surface area contributed by atoms with Gasteiger partial charge in [-0.3, -0.25) is 19.4 Å². The summed E-state index contributed by atoms with van der Waals surface area (Å²) in [7, 11) is 0. The molecule has 0 aromatic heterocycles. The van der Waals surface area contributed by atoms with E-state index in [1.165, 1.54) is 9.80 Å². The molecular weight excluding hydrogens is 242 g/mol. The Bertz CT molecular complexity index is 575. The average Bonchev–Trinajstić information content (AvgIpc) is 2.77. The number of nitriles is 1. The second kappa shape index (κ2) is 4.39. The van der Waals surface area contributed by atoms with Gasteiger partial charge in [0.1, 0.15) is 6.17 Å². The molecule has 3 rings (SSSR count). The number of nitrogens with zero attached hydrogens (tertiary/aromatic N) is 3. The summed E-state index contributed by atoms with van der Waals surface area (Å²) < 4.78 is 0. The van der Waals surface area contributed by atoms with E-state index < -0.39 is 6.17 Å². The molecular formula is C14H13N3O2. The zero-order valence-electron chi connectivity index (χ0n) is 10.4. The van der Waals surface area contributed by atoms with Crippen LogP contribution in [0.5, 0.6) is 0 Å². The van der Waals surface area contributed by atoms with Crippen molar-refractivity contribution in [3.05, 3.63) is 35.4 Å². The summed E-state index contributed by atoms with van der Waals surface area (Å²) in [5.74, 6) is -0.364. The SMILES string of the molecule is N#CN1Cc2ccccc2C1N1C(=O)CCCC1=O. The second-order valence-corrected chi connectivity index (χ2v) is 4.81. The molecule has 1 aromatic rings. The van der Waals surface area contributed by atoms with Crippen LogP contribution >= 0.6 is 0 Å². The fourth-order valence-electron chi connectivity index (χ4n) is 2.78. The topological polar surface area (TPSA) is 64.4 Å². The van der Waals surface area contributed by atoms with Gasteiger partial charge in [0.05, 0.1) is 6.54 Å². The van der Waals surface area contributed by atoms with Crippen LogP contribution in [0.2, 0.25) is 0 Å². The van der Waals surface area contributed by atoms with Crippen LogP contribution in [0, 0.1) is 11.5 Å². The lowest BCUT2D eigenvalue weighted by Crippen LogP contribution is -2.46. The molecule has 0 spiro atoms. The summed E-state index contributed by atoms with van der Waals surface area (Å²) in [5, 5.41) is 9.24.